The Hall–Kier alpha value is -0.870. The van der Waals surface area contributed by atoms with Gasteiger partial charge in [0.1, 0.15) is 0 Å². The zero-order valence-corrected chi connectivity index (χ0v) is 11.8. The summed E-state index contributed by atoms with van der Waals surface area (Å²) in [5.74, 6) is 0.976. The third-order valence-corrected chi connectivity index (χ3v) is 4.60. The van der Waals surface area contributed by atoms with Gasteiger partial charge in [0.05, 0.1) is 24.0 Å². The van der Waals surface area contributed by atoms with Crippen LogP contribution in [0.25, 0.3) is 0 Å². The van der Waals surface area contributed by atoms with Crippen LogP contribution in [0, 0.1) is 5.92 Å². The van der Waals surface area contributed by atoms with Crippen LogP contribution in [0.2, 0.25) is 0 Å². The number of carbonyl (C=O) groups is 1. The van der Waals surface area contributed by atoms with Crippen molar-refractivity contribution in [1.29, 1.82) is 0 Å². The zero-order valence-electron chi connectivity index (χ0n) is 11.0. The molecule has 0 saturated heterocycles. The normalized spacial score (nSPS) is 23.8. The lowest BCUT2D eigenvalue weighted by molar-refractivity contribution is -0.690. The quantitative estimate of drug-likeness (QED) is 0.782. The molecular weight excluding hydrogens is 244 g/mol. The fraction of sp³-hybridized carbons (Fsp3) is 0.643. The van der Waals surface area contributed by atoms with Gasteiger partial charge in [-0.15, -0.1) is 11.3 Å². The Labute approximate surface area is 113 Å². The Morgan fingerprint density at radius 3 is 2.89 bits per heavy atom. The Morgan fingerprint density at radius 1 is 1.44 bits per heavy atom. The highest BCUT2D eigenvalue weighted by Gasteiger charge is 2.20. The lowest BCUT2D eigenvalue weighted by Gasteiger charge is -2.24. The molecule has 1 saturated carbocycles. The number of hydrogen-bond donors (Lipinski definition) is 2. The summed E-state index contributed by atoms with van der Waals surface area (Å²) in [4.78, 5) is 12.5. The molecule has 1 amide bonds. The van der Waals surface area contributed by atoms with Gasteiger partial charge in [-0.3, -0.25) is 4.79 Å². The number of nitrogens with one attached hydrogen (secondary N) is 1. The van der Waals surface area contributed by atoms with Crippen molar-refractivity contribution in [3.63, 3.8) is 0 Å². The van der Waals surface area contributed by atoms with Gasteiger partial charge in [0.15, 0.2) is 0 Å². The predicted molar refractivity (Wildman–Crippen MR) is 74.9 cm³/mol. The molecule has 1 fully saturated rings. The fourth-order valence-electron chi connectivity index (χ4n) is 2.52. The van der Waals surface area contributed by atoms with E-state index in [4.69, 9.17) is 0 Å². The van der Waals surface area contributed by atoms with Crippen LogP contribution >= 0.6 is 11.3 Å². The molecule has 1 aliphatic rings. The van der Waals surface area contributed by atoms with Gasteiger partial charge in [0, 0.05) is 0 Å². The molecule has 0 unspecified atom stereocenters. The van der Waals surface area contributed by atoms with Crippen LogP contribution in [0.5, 0.6) is 0 Å². The topological polar surface area (TPSA) is 45.7 Å². The number of amides is 1. The highest BCUT2D eigenvalue weighted by molar-refractivity contribution is 7.12. The van der Waals surface area contributed by atoms with Crippen molar-refractivity contribution in [1.82, 2.24) is 5.32 Å². The average Bonchev–Trinajstić information content (AvgIpc) is 2.90. The summed E-state index contributed by atoms with van der Waals surface area (Å²) in [6.07, 6.45) is 5.39. The van der Waals surface area contributed by atoms with Gasteiger partial charge in [0.25, 0.3) is 5.91 Å². The van der Waals surface area contributed by atoms with E-state index in [0.29, 0.717) is 0 Å². The molecule has 100 valence electrons. The Bertz CT molecular complexity index is 356. The van der Waals surface area contributed by atoms with Crippen molar-refractivity contribution in [3.8, 4) is 0 Å². The van der Waals surface area contributed by atoms with E-state index in [1.807, 2.05) is 17.5 Å². The number of nitrogens with two attached hydrogens (primary N) is 1. The SMILES string of the molecule is CC1CCC([NH2+]CCNC(=O)c2cccs2)CC1. The number of quaternary nitrogens is 1. The Kier molecular flexibility index (Phi) is 5.20. The summed E-state index contributed by atoms with van der Waals surface area (Å²) < 4.78 is 0. The van der Waals surface area contributed by atoms with E-state index in [1.165, 1.54) is 37.0 Å². The van der Waals surface area contributed by atoms with E-state index in [9.17, 15) is 4.79 Å². The summed E-state index contributed by atoms with van der Waals surface area (Å²) in [5.41, 5.74) is 0. The standard InChI is InChI=1S/C14H22N2OS/c1-11-4-6-12(7-5-11)15-8-9-16-14(17)13-3-2-10-18-13/h2-3,10-12,15H,4-9H2,1H3,(H,16,17)/p+1. The van der Waals surface area contributed by atoms with Crippen molar-refractivity contribution < 1.29 is 10.1 Å². The monoisotopic (exact) mass is 267 g/mol. The first-order chi connectivity index (χ1) is 8.75. The molecule has 0 aliphatic heterocycles. The Balaban J connectivity index is 1.57. The van der Waals surface area contributed by atoms with Gasteiger partial charge < -0.3 is 10.6 Å². The van der Waals surface area contributed by atoms with Crippen molar-refractivity contribution in [3.05, 3.63) is 22.4 Å². The first-order valence-electron chi connectivity index (χ1n) is 6.90. The third-order valence-electron chi connectivity index (χ3n) is 3.74. The molecule has 2 rings (SSSR count). The van der Waals surface area contributed by atoms with Crippen molar-refractivity contribution >= 4 is 17.2 Å². The van der Waals surface area contributed by atoms with Crippen LogP contribution in [0.1, 0.15) is 42.3 Å². The van der Waals surface area contributed by atoms with E-state index in [0.717, 1.165) is 29.9 Å². The molecule has 1 aliphatic carbocycles. The van der Waals surface area contributed by atoms with Crippen molar-refractivity contribution in [2.24, 2.45) is 5.92 Å². The van der Waals surface area contributed by atoms with E-state index in [1.54, 1.807) is 0 Å². The van der Waals surface area contributed by atoms with E-state index in [2.05, 4.69) is 17.6 Å². The molecule has 4 heteroatoms. The summed E-state index contributed by atoms with van der Waals surface area (Å²) in [7, 11) is 0. The zero-order chi connectivity index (χ0) is 12.8. The minimum atomic E-state index is 0.0654. The van der Waals surface area contributed by atoms with E-state index >= 15 is 0 Å². The van der Waals surface area contributed by atoms with Gasteiger partial charge in [0.2, 0.25) is 0 Å². The molecule has 0 atom stereocenters. The number of hydrogen-bond acceptors (Lipinski definition) is 2. The molecule has 0 radical (unpaired) electrons. The summed E-state index contributed by atoms with van der Waals surface area (Å²) in [5, 5.41) is 7.31. The molecule has 1 aromatic heterocycles. The maximum atomic E-state index is 11.7. The van der Waals surface area contributed by atoms with Gasteiger partial charge in [-0.25, -0.2) is 0 Å². The molecule has 18 heavy (non-hydrogen) atoms. The van der Waals surface area contributed by atoms with Crippen LogP contribution in [-0.4, -0.2) is 25.0 Å². The fourth-order valence-corrected chi connectivity index (χ4v) is 3.16. The second kappa shape index (κ2) is 6.90. The molecular formula is C14H23N2OS+. The third kappa shape index (κ3) is 4.10. The minimum Gasteiger partial charge on any atom is -0.346 e. The largest absolute Gasteiger partial charge is 0.346 e. The van der Waals surface area contributed by atoms with Gasteiger partial charge in [-0.2, -0.15) is 0 Å². The highest BCUT2D eigenvalue weighted by atomic mass is 32.1. The average molecular weight is 267 g/mol. The molecule has 1 aromatic rings. The van der Waals surface area contributed by atoms with Crippen LogP contribution in [0.4, 0.5) is 0 Å². The van der Waals surface area contributed by atoms with Crippen LogP contribution in [0.15, 0.2) is 17.5 Å². The van der Waals surface area contributed by atoms with Crippen LogP contribution < -0.4 is 10.6 Å². The predicted octanol–water partition coefficient (Wildman–Crippen LogP) is 1.62. The summed E-state index contributed by atoms with van der Waals surface area (Å²) in [6.45, 7) is 4.11. The number of rotatable bonds is 5. The molecule has 0 aromatic carbocycles. The first-order valence-corrected chi connectivity index (χ1v) is 7.78. The van der Waals surface area contributed by atoms with Crippen molar-refractivity contribution in [2.45, 2.75) is 38.6 Å². The van der Waals surface area contributed by atoms with Crippen LogP contribution in [0.3, 0.4) is 0 Å². The lowest BCUT2D eigenvalue weighted by atomic mass is 9.87. The first kappa shape index (κ1) is 13.6. The molecule has 1 heterocycles. The lowest BCUT2D eigenvalue weighted by Crippen LogP contribution is -2.91. The summed E-state index contributed by atoms with van der Waals surface area (Å²) >= 11 is 1.50. The minimum absolute atomic E-state index is 0.0654. The molecule has 3 N–H and O–H groups in total. The number of carbonyl (C=O) groups excluding carboxylic acids is 1. The van der Waals surface area contributed by atoms with Gasteiger partial charge in [-0.1, -0.05) is 13.0 Å². The Morgan fingerprint density at radius 2 is 2.22 bits per heavy atom. The van der Waals surface area contributed by atoms with Crippen molar-refractivity contribution in [2.75, 3.05) is 13.1 Å². The maximum absolute atomic E-state index is 11.7. The molecule has 0 spiro atoms. The second-order valence-corrected chi connectivity index (χ2v) is 6.23. The number of thiophene rings is 1. The highest BCUT2D eigenvalue weighted by Crippen LogP contribution is 2.21. The van der Waals surface area contributed by atoms with Crippen LogP contribution in [-0.2, 0) is 0 Å². The van der Waals surface area contributed by atoms with E-state index in [-0.39, 0.29) is 5.91 Å². The van der Waals surface area contributed by atoms with Gasteiger partial charge >= 0.3 is 0 Å². The second-order valence-electron chi connectivity index (χ2n) is 5.28. The van der Waals surface area contributed by atoms with E-state index < -0.39 is 0 Å². The maximum Gasteiger partial charge on any atom is 0.261 e. The van der Waals surface area contributed by atoms with Gasteiger partial charge in [-0.05, 0) is 43.0 Å². The smallest absolute Gasteiger partial charge is 0.261 e. The molecule has 0 bridgehead atoms. The molecule has 3 nitrogen and oxygen atoms in total. The summed E-state index contributed by atoms with van der Waals surface area (Å²) in [6, 6.07) is 4.56.